The van der Waals surface area contributed by atoms with Crippen LogP contribution >= 0.6 is 55.1 Å². The molecule has 4 aromatic carbocycles. The van der Waals surface area contributed by atoms with Gasteiger partial charge in [0.05, 0.1) is 15.7 Å². The Balaban J connectivity index is 1.71. The van der Waals surface area contributed by atoms with Gasteiger partial charge >= 0.3 is 0 Å². The maximum atomic E-state index is 12.9. The molecule has 156 valence electrons. The molecule has 0 heterocycles. The Bertz CT molecular complexity index is 1330. The van der Waals surface area contributed by atoms with Gasteiger partial charge in [0.15, 0.2) is 5.75 Å². The number of ether oxygens (including phenoxy) is 1. The fraction of sp³-hybridized carbons (Fsp3) is 0. The highest BCUT2D eigenvalue weighted by Gasteiger charge is 2.18. The van der Waals surface area contributed by atoms with E-state index in [0.717, 1.165) is 15.2 Å². The van der Waals surface area contributed by atoms with Gasteiger partial charge in [-0.2, -0.15) is 0 Å². The van der Waals surface area contributed by atoms with Crippen molar-refractivity contribution in [2.75, 3.05) is 5.32 Å². The summed E-state index contributed by atoms with van der Waals surface area (Å²) in [6, 6.07) is 19.3. The van der Waals surface area contributed by atoms with Gasteiger partial charge in [0.1, 0.15) is 11.5 Å². The van der Waals surface area contributed by atoms with Crippen molar-refractivity contribution < 1.29 is 14.6 Å². The second-order valence-corrected chi connectivity index (χ2v) is 9.15. The van der Waals surface area contributed by atoms with Gasteiger partial charge in [-0.1, -0.05) is 63.4 Å². The van der Waals surface area contributed by atoms with E-state index in [9.17, 15) is 9.90 Å². The van der Waals surface area contributed by atoms with E-state index >= 15 is 0 Å². The fourth-order valence-corrected chi connectivity index (χ4v) is 4.55. The summed E-state index contributed by atoms with van der Waals surface area (Å²) in [5.41, 5.74) is 0.361. The van der Waals surface area contributed by atoms with Crippen molar-refractivity contribution >= 4 is 77.4 Å². The lowest BCUT2D eigenvalue weighted by Crippen LogP contribution is -2.13. The number of hydrogen-bond donors (Lipinski definition) is 2. The number of phenols is 1. The molecule has 2 N–H and O–H groups in total. The van der Waals surface area contributed by atoms with E-state index < -0.39 is 5.91 Å². The SMILES string of the molecule is O=C(Nc1cc(Cl)ccc1Oc1cccc2c(Br)cccc12)c1cc(Cl)cc(Br)c1O. The molecule has 0 aliphatic rings. The second kappa shape index (κ2) is 9.09. The molecular formula is C23H13Br2Cl2NO3. The number of anilines is 1. The lowest BCUT2D eigenvalue weighted by molar-refractivity contribution is 0.102. The van der Waals surface area contributed by atoms with Crippen molar-refractivity contribution in [2.45, 2.75) is 0 Å². The fourth-order valence-electron chi connectivity index (χ4n) is 3.07. The molecule has 4 rings (SSSR count). The van der Waals surface area contributed by atoms with Crippen LogP contribution in [0.2, 0.25) is 10.0 Å². The molecule has 4 nitrogen and oxygen atoms in total. The van der Waals surface area contributed by atoms with Crippen molar-refractivity contribution in [3.8, 4) is 17.2 Å². The molecule has 0 fully saturated rings. The van der Waals surface area contributed by atoms with Gasteiger partial charge in [-0.05, 0) is 63.8 Å². The number of nitrogens with one attached hydrogen (secondary N) is 1. The monoisotopic (exact) mass is 579 g/mol. The first-order chi connectivity index (χ1) is 14.8. The lowest BCUT2D eigenvalue weighted by Gasteiger charge is -2.15. The Morgan fingerprint density at radius 1 is 0.839 bits per heavy atom. The van der Waals surface area contributed by atoms with E-state index in [2.05, 4.69) is 37.2 Å². The molecule has 0 unspecified atom stereocenters. The Labute approximate surface area is 205 Å². The molecule has 0 saturated heterocycles. The second-order valence-electron chi connectivity index (χ2n) is 6.57. The van der Waals surface area contributed by atoms with Crippen molar-refractivity contribution in [2.24, 2.45) is 0 Å². The van der Waals surface area contributed by atoms with Crippen molar-refractivity contribution in [1.82, 2.24) is 0 Å². The normalized spacial score (nSPS) is 10.8. The van der Waals surface area contributed by atoms with Crippen LogP contribution in [0.25, 0.3) is 10.8 Å². The molecule has 0 atom stereocenters. The molecule has 0 aromatic heterocycles. The zero-order chi connectivity index (χ0) is 22.1. The van der Waals surface area contributed by atoms with Gasteiger partial charge in [-0.15, -0.1) is 0 Å². The average molecular weight is 582 g/mol. The molecule has 0 aliphatic heterocycles. The van der Waals surface area contributed by atoms with E-state index in [1.54, 1.807) is 18.2 Å². The van der Waals surface area contributed by atoms with Gasteiger partial charge in [0.25, 0.3) is 5.91 Å². The van der Waals surface area contributed by atoms with Gasteiger partial charge in [-0.3, -0.25) is 4.79 Å². The van der Waals surface area contributed by atoms with Crippen LogP contribution < -0.4 is 10.1 Å². The van der Waals surface area contributed by atoms with Crippen LogP contribution in [0.3, 0.4) is 0 Å². The zero-order valence-corrected chi connectivity index (χ0v) is 20.3. The minimum Gasteiger partial charge on any atom is -0.506 e. The Morgan fingerprint density at radius 3 is 2.39 bits per heavy atom. The number of benzene rings is 4. The Hall–Kier alpha value is -2.25. The number of halogens is 4. The number of fused-ring (bicyclic) bond motifs is 1. The molecule has 0 aliphatic carbocycles. The summed E-state index contributed by atoms with van der Waals surface area (Å²) in [5.74, 6) is 0.231. The van der Waals surface area contributed by atoms with E-state index in [1.165, 1.54) is 12.1 Å². The first-order valence-corrected chi connectivity index (χ1v) is 11.3. The topological polar surface area (TPSA) is 58.6 Å². The molecule has 4 aromatic rings. The summed E-state index contributed by atoms with van der Waals surface area (Å²) < 4.78 is 7.42. The highest BCUT2D eigenvalue weighted by Crippen LogP contribution is 2.38. The van der Waals surface area contributed by atoms with Gasteiger partial charge in [-0.25, -0.2) is 0 Å². The van der Waals surface area contributed by atoms with Crippen LogP contribution in [0.1, 0.15) is 10.4 Å². The summed E-state index contributed by atoms with van der Waals surface area (Å²) >= 11 is 18.9. The number of carbonyl (C=O) groups is 1. The van der Waals surface area contributed by atoms with E-state index in [4.69, 9.17) is 27.9 Å². The quantitative estimate of drug-likeness (QED) is 0.254. The van der Waals surface area contributed by atoms with Gasteiger partial charge in [0, 0.05) is 19.9 Å². The number of amides is 1. The van der Waals surface area contributed by atoms with Crippen LogP contribution in [-0.2, 0) is 0 Å². The molecule has 0 saturated carbocycles. The van der Waals surface area contributed by atoms with Crippen LogP contribution in [0.15, 0.2) is 75.7 Å². The van der Waals surface area contributed by atoms with Crippen molar-refractivity contribution in [3.63, 3.8) is 0 Å². The summed E-state index contributed by atoms with van der Waals surface area (Å²) in [6.07, 6.45) is 0. The Morgan fingerprint density at radius 2 is 1.58 bits per heavy atom. The molecule has 0 bridgehead atoms. The summed E-state index contributed by atoms with van der Waals surface area (Å²) in [5, 5.41) is 15.6. The van der Waals surface area contributed by atoms with Gasteiger partial charge in [0.2, 0.25) is 0 Å². The largest absolute Gasteiger partial charge is 0.506 e. The third-order valence-electron chi connectivity index (χ3n) is 4.51. The molecule has 0 radical (unpaired) electrons. The zero-order valence-electron chi connectivity index (χ0n) is 15.6. The van der Waals surface area contributed by atoms with Crippen molar-refractivity contribution in [1.29, 1.82) is 0 Å². The number of aromatic hydroxyl groups is 1. The van der Waals surface area contributed by atoms with Gasteiger partial charge < -0.3 is 15.2 Å². The molecule has 31 heavy (non-hydrogen) atoms. The number of phenolic OH excluding ortho intramolecular Hbond substituents is 1. The Kier molecular flexibility index (Phi) is 6.44. The molecule has 8 heteroatoms. The first-order valence-electron chi connectivity index (χ1n) is 8.97. The number of hydrogen-bond acceptors (Lipinski definition) is 3. The maximum Gasteiger partial charge on any atom is 0.259 e. The lowest BCUT2D eigenvalue weighted by atomic mass is 10.1. The molecule has 0 spiro atoms. The summed E-state index contributed by atoms with van der Waals surface area (Å²) in [6.45, 7) is 0. The minimum atomic E-state index is -0.562. The van der Waals surface area contributed by atoms with Crippen LogP contribution in [-0.4, -0.2) is 11.0 Å². The van der Waals surface area contributed by atoms with E-state index in [0.29, 0.717) is 31.7 Å². The number of carbonyl (C=O) groups excluding carboxylic acids is 1. The standard InChI is InChI=1S/C23H13Br2Cl2NO3/c24-17-5-1-4-15-14(17)3-2-6-20(15)31-21-8-7-12(26)11-19(21)28-23(30)16-9-13(27)10-18(25)22(16)29/h1-11,29H,(H,28,30). The third kappa shape index (κ3) is 4.67. The maximum absolute atomic E-state index is 12.9. The highest BCUT2D eigenvalue weighted by molar-refractivity contribution is 9.11. The molecule has 1 amide bonds. The average Bonchev–Trinajstić information content (AvgIpc) is 2.73. The van der Waals surface area contributed by atoms with E-state index in [1.807, 2.05) is 36.4 Å². The third-order valence-corrected chi connectivity index (χ3v) is 6.26. The van der Waals surface area contributed by atoms with Crippen LogP contribution in [0, 0.1) is 0 Å². The minimum absolute atomic E-state index is 0.0133. The van der Waals surface area contributed by atoms with Crippen LogP contribution in [0.4, 0.5) is 5.69 Å². The highest BCUT2D eigenvalue weighted by atomic mass is 79.9. The predicted octanol–water partition coefficient (Wildman–Crippen LogP) is 8.42. The molecular weight excluding hydrogens is 569 g/mol. The van der Waals surface area contributed by atoms with Crippen molar-refractivity contribution in [3.05, 3.63) is 91.3 Å². The first kappa shape index (κ1) is 22.0. The smallest absolute Gasteiger partial charge is 0.259 e. The summed E-state index contributed by atoms with van der Waals surface area (Å²) in [7, 11) is 0. The van der Waals surface area contributed by atoms with Crippen LogP contribution in [0.5, 0.6) is 17.2 Å². The predicted molar refractivity (Wildman–Crippen MR) is 132 cm³/mol. The summed E-state index contributed by atoms with van der Waals surface area (Å²) in [4.78, 5) is 12.9. The number of rotatable bonds is 4. The van der Waals surface area contributed by atoms with E-state index in [-0.39, 0.29) is 11.3 Å².